The Morgan fingerprint density at radius 1 is 1.03 bits per heavy atom. The van der Waals surface area contributed by atoms with E-state index in [1.807, 2.05) is 29.0 Å². The van der Waals surface area contributed by atoms with E-state index in [9.17, 15) is 18.0 Å². The highest BCUT2D eigenvalue weighted by Gasteiger charge is 2.34. The van der Waals surface area contributed by atoms with Crippen LogP contribution in [-0.2, 0) is 11.2 Å². The first kappa shape index (κ1) is 23.5. The first-order valence-corrected chi connectivity index (χ1v) is 10.6. The van der Waals surface area contributed by atoms with Crippen molar-refractivity contribution in [2.24, 2.45) is 0 Å². The Hall–Kier alpha value is -3.20. The zero-order valence-electron chi connectivity index (χ0n) is 17.5. The molecule has 2 heterocycles. The van der Waals surface area contributed by atoms with Crippen molar-refractivity contribution in [1.29, 1.82) is 0 Å². The summed E-state index contributed by atoms with van der Waals surface area (Å²) in [6.45, 7) is 0.418. The lowest BCUT2D eigenvalue weighted by Crippen LogP contribution is -2.35. The van der Waals surface area contributed by atoms with Gasteiger partial charge in [0.1, 0.15) is 17.2 Å². The predicted molar refractivity (Wildman–Crippen MR) is 115 cm³/mol. The second-order valence-corrected chi connectivity index (χ2v) is 7.63. The van der Waals surface area contributed by atoms with Crippen LogP contribution in [0.1, 0.15) is 22.7 Å². The van der Waals surface area contributed by atoms with Crippen LogP contribution in [-0.4, -0.2) is 38.4 Å². The Morgan fingerprint density at radius 2 is 1.78 bits per heavy atom. The van der Waals surface area contributed by atoms with Gasteiger partial charge in [-0.05, 0) is 46.5 Å². The molecule has 1 aliphatic rings. The zero-order chi connectivity index (χ0) is 23.1. The number of rotatable bonds is 5. The van der Waals surface area contributed by atoms with E-state index in [-0.39, 0.29) is 5.75 Å². The lowest BCUT2D eigenvalue weighted by Gasteiger charge is -2.36. The van der Waals surface area contributed by atoms with E-state index in [1.54, 1.807) is 23.5 Å². The number of carbonyl (C=O) groups excluding carboxylic acids is 1. The van der Waals surface area contributed by atoms with Gasteiger partial charge in [-0.1, -0.05) is 24.3 Å². The van der Waals surface area contributed by atoms with Crippen molar-refractivity contribution in [1.82, 2.24) is 4.90 Å². The molecule has 0 radical (unpaired) electrons. The normalized spacial score (nSPS) is 15.2. The van der Waals surface area contributed by atoms with Gasteiger partial charge in [0, 0.05) is 18.2 Å². The molecule has 0 bridgehead atoms. The highest BCUT2D eigenvalue weighted by Crippen LogP contribution is 2.43. The van der Waals surface area contributed by atoms with Gasteiger partial charge in [0.2, 0.25) is 6.41 Å². The van der Waals surface area contributed by atoms with Gasteiger partial charge in [0.05, 0.1) is 20.3 Å². The Kier molecular flexibility index (Phi) is 7.63. The molecule has 2 aromatic carbocycles. The minimum absolute atomic E-state index is 0.342. The summed E-state index contributed by atoms with van der Waals surface area (Å²) in [6, 6.07) is 12.6. The van der Waals surface area contributed by atoms with Crippen molar-refractivity contribution in [3.63, 3.8) is 0 Å². The Bertz CT molecular complexity index is 990. The third kappa shape index (κ3) is 5.73. The monoisotopic (exact) mass is 465 g/mol. The summed E-state index contributed by atoms with van der Waals surface area (Å²) in [5, 5.41) is 4.08. The molecule has 4 rings (SSSR count). The molecular formula is C23H22F3NO4S. The van der Waals surface area contributed by atoms with Gasteiger partial charge in [0.25, 0.3) is 0 Å². The zero-order valence-corrected chi connectivity index (χ0v) is 18.3. The fourth-order valence-electron chi connectivity index (χ4n) is 3.59. The van der Waals surface area contributed by atoms with Crippen LogP contribution in [0, 0.1) is 0 Å². The average Bonchev–Trinajstić information content (AvgIpc) is 3.36. The quantitative estimate of drug-likeness (QED) is 0.470. The molecular weight excluding hydrogens is 443 g/mol. The van der Waals surface area contributed by atoms with Crippen molar-refractivity contribution < 1.29 is 32.2 Å². The van der Waals surface area contributed by atoms with Gasteiger partial charge in [0.15, 0.2) is 0 Å². The van der Waals surface area contributed by atoms with Crippen molar-refractivity contribution in [2.75, 3.05) is 20.8 Å². The lowest BCUT2D eigenvalue weighted by molar-refractivity contribution is -0.274. The molecule has 0 saturated heterocycles. The highest BCUT2D eigenvalue weighted by molar-refractivity contribution is 7.07. The van der Waals surface area contributed by atoms with E-state index in [2.05, 4.69) is 4.74 Å². The van der Waals surface area contributed by atoms with Crippen molar-refractivity contribution in [2.45, 2.75) is 18.8 Å². The topological polar surface area (TPSA) is 48.0 Å². The van der Waals surface area contributed by atoms with Gasteiger partial charge in [-0.25, -0.2) is 0 Å². The minimum Gasteiger partial charge on any atom is -0.497 e. The fourth-order valence-corrected chi connectivity index (χ4v) is 4.04. The molecule has 3 aromatic rings. The molecule has 1 aliphatic heterocycles. The number of ether oxygens (including phenoxy) is 3. The fraction of sp³-hybridized carbons (Fsp3) is 0.261. The summed E-state index contributed by atoms with van der Waals surface area (Å²) in [5.41, 5.74) is 2.13. The van der Waals surface area contributed by atoms with Crippen molar-refractivity contribution in [3.05, 3.63) is 76.0 Å². The van der Waals surface area contributed by atoms with Crippen LogP contribution in [0.15, 0.2) is 59.3 Å². The third-order valence-electron chi connectivity index (χ3n) is 4.87. The SMILES string of the molecule is COc1cc2c(c(OC)c1)C(c1cccc(OC(F)(F)F)c1)N(C=O)CC2.c1ccsc1. The molecule has 32 heavy (non-hydrogen) atoms. The Balaban J connectivity index is 0.000000509. The van der Waals surface area contributed by atoms with Crippen LogP contribution >= 0.6 is 11.3 Å². The molecule has 0 aliphatic carbocycles. The van der Waals surface area contributed by atoms with Crippen LogP contribution in [0.5, 0.6) is 17.2 Å². The van der Waals surface area contributed by atoms with E-state index in [4.69, 9.17) is 9.47 Å². The van der Waals surface area contributed by atoms with Crippen LogP contribution in [0.25, 0.3) is 0 Å². The molecule has 0 spiro atoms. The number of hydrogen-bond donors (Lipinski definition) is 0. The van der Waals surface area contributed by atoms with E-state index in [0.717, 1.165) is 11.1 Å². The maximum atomic E-state index is 12.6. The number of amides is 1. The molecule has 1 unspecified atom stereocenters. The van der Waals surface area contributed by atoms with Gasteiger partial charge in [-0.3, -0.25) is 4.79 Å². The van der Waals surface area contributed by atoms with Gasteiger partial charge in [-0.15, -0.1) is 13.2 Å². The molecule has 0 fully saturated rings. The van der Waals surface area contributed by atoms with Crippen molar-refractivity contribution >= 4 is 17.7 Å². The first-order valence-electron chi connectivity index (χ1n) is 9.65. The number of methoxy groups -OCH3 is 2. The molecule has 1 aromatic heterocycles. The second kappa shape index (κ2) is 10.4. The standard InChI is InChI=1S/C19H18F3NO4.C4H4S/c1-25-15-8-12-6-7-23(11-24)18(17(12)16(10-15)26-2)13-4-3-5-14(9-13)27-19(20,21)22;1-2-4-5-3-1/h3-5,8-11,18H,6-7H2,1-2H3;1-4H. The van der Waals surface area contributed by atoms with Gasteiger partial charge in [-0.2, -0.15) is 11.3 Å². The second-order valence-electron chi connectivity index (χ2n) is 6.81. The molecule has 0 saturated carbocycles. The summed E-state index contributed by atoms with van der Waals surface area (Å²) in [5.74, 6) is 0.770. The number of nitrogens with zero attached hydrogens (tertiary/aromatic N) is 1. The molecule has 1 amide bonds. The summed E-state index contributed by atoms with van der Waals surface area (Å²) < 4.78 is 52.5. The lowest BCUT2D eigenvalue weighted by atomic mass is 9.87. The van der Waals surface area contributed by atoms with Crippen molar-refractivity contribution in [3.8, 4) is 17.2 Å². The minimum atomic E-state index is -4.79. The van der Waals surface area contributed by atoms with Crippen LogP contribution in [0.4, 0.5) is 13.2 Å². The molecule has 170 valence electrons. The van der Waals surface area contributed by atoms with E-state index in [1.165, 1.54) is 37.3 Å². The molecule has 9 heteroatoms. The maximum Gasteiger partial charge on any atom is 0.573 e. The van der Waals surface area contributed by atoms with E-state index >= 15 is 0 Å². The Labute approximate surface area is 187 Å². The smallest absolute Gasteiger partial charge is 0.497 e. The third-order valence-corrected chi connectivity index (χ3v) is 5.50. The average molecular weight is 465 g/mol. The van der Waals surface area contributed by atoms with Crippen LogP contribution in [0.3, 0.4) is 0 Å². The molecule has 5 nitrogen and oxygen atoms in total. The number of fused-ring (bicyclic) bond motifs is 1. The van der Waals surface area contributed by atoms with Crippen LogP contribution in [0.2, 0.25) is 0 Å². The number of benzene rings is 2. The van der Waals surface area contributed by atoms with Gasteiger partial charge >= 0.3 is 6.36 Å². The number of alkyl halides is 3. The summed E-state index contributed by atoms with van der Waals surface area (Å²) in [6.07, 6.45) is -3.52. The van der Waals surface area contributed by atoms with E-state index < -0.39 is 12.4 Å². The largest absolute Gasteiger partial charge is 0.573 e. The first-order chi connectivity index (χ1) is 15.4. The van der Waals surface area contributed by atoms with Crippen LogP contribution < -0.4 is 14.2 Å². The predicted octanol–water partition coefficient (Wildman–Crippen LogP) is 5.45. The Morgan fingerprint density at radius 3 is 2.34 bits per heavy atom. The summed E-state index contributed by atoms with van der Waals surface area (Å²) in [7, 11) is 3.03. The van der Waals surface area contributed by atoms with Gasteiger partial charge < -0.3 is 19.1 Å². The summed E-state index contributed by atoms with van der Waals surface area (Å²) in [4.78, 5) is 13.2. The molecule has 0 N–H and O–H groups in total. The highest BCUT2D eigenvalue weighted by atomic mass is 32.1. The number of thiophene rings is 1. The van der Waals surface area contributed by atoms with E-state index in [0.29, 0.717) is 36.4 Å². The number of halogens is 3. The molecule has 1 atom stereocenters. The number of hydrogen-bond acceptors (Lipinski definition) is 5. The number of carbonyl (C=O) groups is 1. The summed E-state index contributed by atoms with van der Waals surface area (Å²) >= 11 is 1.71. The maximum absolute atomic E-state index is 12.6.